The second-order valence-electron chi connectivity index (χ2n) is 5.76. The SMILES string of the molecule is Cc1nc(N2CCN(CCO)CC2)nc2c1C(=O)CCC2. The predicted octanol–water partition coefficient (Wildman–Crippen LogP) is 0.418. The van der Waals surface area contributed by atoms with Crippen LogP contribution in [-0.2, 0) is 6.42 Å². The third-order valence-electron chi connectivity index (χ3n) is 4.32. The van der Waals surface area contributed by atoms with Crippen molar-refractivity contribution in [1.82, 2.24) is 14.9 Å². The molecule has 1 N–H and O–H groups in total. The van der Waals surface area contributed by atoms with Crippen LogP contribution in [0.4, 0.5) is 5.95 Å². The molecule has 1 aliphatic heterocycles. The van der Waals surface area contributed by atoms with Crippen LogP contribution in [0.25, 0.3) is 0 Å². The zero-order chi connectivity index (χ0) is 14.8. The van der Waals surface area contributed by atoms with Crippen molar-refractivity contribution >= 4 is 11.7 Å². The van der Waals surface area contributed by atoms with Crippen LogP contribution in [0.15, 0.2) is 0 Å². The molecule has 0 saturated carbocycles. The average Bonchev–Trinajstić information content (AvgIpc) is 2.48. The molecule has 0 aromatic carbocycles. The van der Waals surface area contributed by atoms with E-state index in [1.165, 1.54) is 0 Å². The fourth-order valence-electron chi connectivity index (χ4n) is 3.16. The van der Waals surface area contributed by atoms with Crippen LogP contribution in [0.2, 0.25) is 0 Å². The maximum Gasteiger partial charge on any atom is 0.225 e. The van der Waals surface area contributed by atoms with E-state index in [0.717, 1.165) is 68.5 Å². The van der Waals surface area contributed by atoms with Gasteiger partial charge in [0.05, 0.1) is 23.6 Å². The largest absolute Gasteiger partial charge is 0.395 e. The molecule has 0 bridgehead atoms. The zero-order valence-electron chi connectivity index (χ0n) is 12.5. The Morgan fingerprint density at radius 2 is 1.90 bits per heavy atom. The number of rotatable bonds is 3. The molecule has 1 aromatic rings. The number of aliphatic hydroxyl groups excluding tert-OH is 1. The van der Waals surface area contributed by atoms with Crippen LogP contribution in [-0.4, -0.2) is 65.1 Å². The van der Waals surface area contributed by atoms with Crippen molar-refractivity contribution in [3.05, 3.63) is 17.0 Å². The normalized spacial score (nSPS) is 19.7. The van der Waals surface area contributed by atoms with Crippen LogP contribution in [0.3, 0.4) is 0 Å². The van der Waals surface area contributed by atoms with E-state index in [-0.39, 0.29) is 12.4 Å². The Hall–Kier alpha value is -1.53. The number of nitrogens with zero attached hydrogens (tertiary/aromatic N) is 4. The van der Waals surface area contributed by atoms with E-state index in [1.54, 1.807) is 0 Å². The van der Waals surface area contributed by atoms with Crippen LogP contribution >= 0.6 is 0 Å². The molecular formula is C15H22N4O2. The molecule has 0 spiro atoms. The third-order valence-corrected chi connectivity index (χ3v) is 4.32. The maximum absolute atomic E-state index is 12.0. The first-order valence-electron chi connectivity index (χ1n) is 7.68. The lowest BCUT2D eigenvalue weighted by Crippen LogP contribution is -2.48. The summed E-state index contributed by atoms with van der Waals surface area (Å²) in [5.41, 5.74) is 2.49. The molecule has 0 atom stereocenters. The molecule has 21 heavy (non-hydrogen) atoms. The highest BCUT2D eigenvalue weighted by Gasteiger charge is 2.25. The molecular weight excluding hydrogens is 268 g/mol. The number of ketones is 1. The van der Waals surface area contributed by atoms with Crippen molar-refractivity contribution in [2.45, 2.75) is 26.2 Å². The molecule has 6 nitrogen and oxygen atoms in total. The minimum Gasteiger partial charge on any atom is -0.395 e. The van der Waals surface area contributed by atoms with Crippen molar-refractivity contribution in [1.29, 1.82) is 0 Å². The van der Waals surface area contributed by atoms with Gasteiger partial charge in [0.2, 0.25) is 5.95 Å². The van der Waals surface area contributed by atoms with Crippen LogP contribution < -0.4 is 4.90 Å². The molecule has 1 fully saturated rings. The van der Waals surface area contributed by atoms with Crippen molar-refractivity contribution in [2.24, 2.45) is 0 Å². The number of β-amino-alcohol motifs (C(OH)–C–C–N with tert-alkyl or cyclic N) is 1. The van der Waals surface area contributed by atoms with Gasteiger partial charge in [-0.05, 0) is 19.8 Å². The van der Waals surface area contributed by atoms with Crippen molar-refractivity contribution in [3.63, 3.8) is 0 Å². The molecule has 6 heteroatoms. The summed E-state index contributed by atoms with van der Waals surface area (Å²) in [6, 6.07) is 0. The van der Waals surface area contributed by atoms with E-state index >= 15 is 0 Å². The molecule has 0 radical (unpaired) electrons. The van der Waals surface area contributed by atoms with Crippen molar-refractivity contribution in [3.8, 4) is 0 Å². The van der Waals surface area contributed by atoms with Gasteiger partial charge in [0.15, 0.2) is 5.78 Å². The van der Waals surface area contributed by atoms with Gasteiger partial charge in [-0.25, -0.2) is 9.97 Å². The summed E-state index contributed by atoms with van der Waals surface area (Å²) < 4.78 is 0. The molecule has 0 amide bonds. The van der Waals surface area contributed by atoms with Gasteiger partial charge in [0, 0.05) is 39.1 Å². The lowest BCUT2D eigenvalue weighted by Gasteiger charge is -2.34. The Bertz CT molecular complexity index is 539. The minimum atomic E-state index is 0.188. The standard InChI is InChI=1S/C15H22N4O2/c1-11-14-12(3-2-4-13(14)21)17-15(16-11)19-7-5-18(6-8-19)9-10-20/h20H,2-10H2,1H3. The molecule has 1 aromatic heterocycles. The molecule has 2 heterocycles. The number of piperazine rings is 1. The van der Waals surface area contributed by atoms with Gasteiger partial charge >= 0.3 is 0 Å². The molecule has 2 aliphatic rings. The van der Waals surface area contributed by atoms with Crippen molar-refractivity contribution < 1.29 is 9.90 Å². The Morgan fingerprint density at radius 1 is 1.14 bits per heavy atom. The van der Waals surface area contributed by atoms with E-state index in [9.17, 15) is 4.79 Å². The number of carbonyl (C=O) groups is 1. The van der Waals surface area contributed by atoms with Gasteiger partial charge in [-0.1, -0.05) is 0 Å². The van der Waals surface area contributed by atoms with Gasteiger partial charge in [0.25, 0.3) is 0 Å². The number of aromatic nitrogens is 2. The van der Waals surface area contributed by atoms with Crippen LogP contribution in [0.1, 0.15) is 34.6 Å². The Balaban J connectivity index is 1.78. The number of anilines is 1. The first kappa shape index (κ1) is 14.4. The number of hydrogen-bond donors (Lipinski definition) is 1. The number of hydrogen-bond acceptors (Lipinski definition) is 6. The fourth-order valence-corrected chi connectivity index (χ4v) is 3.16. The number of aliphatic hydroxyl groups is 1. The monoisotopic (exact) mass is 290 g/mol. The number of aryl methyl sites for hydroxylation is 2. The summed E-state index contributed by atoms with van der Waals surface area (Å²) in [6.45, 7) is 6.41. The molecule has 114 valence electrons. The average molecular weight is 290 g/mol. The number of Topliss-reactive ketones (excluding diaryl/α,β-unsaturated/α-hetero) is 1. The molecule has 1 aliphatic carbocycles. The molecule has 0 unspecified atom stereocenters. The molecule has 3 rings (SSSR count). The third kappa shape index (κ3) is 2.91. The summed E-state index contributed by atoms with van der Waals surface area (Å²) in [6.07, 6.45) is 2.39. The predicted molar refractivity (Wildman–Crippen MR) is 79.8 cm³/mol. The van der Waals surface area contributed by atoms with E-state index in [2.05, 4.69) is 19.8 Å². The highest BCUT2D eigenvalue weighted by molar-refractivity contribution is 5.99. The highest BCUT2D eigenvalue weighted by atomic mass is 16.3. The topological polar surface area (TPSA) is 69.6 Å². The second kappa shape index (κ2) is 6.07. The summed E-state index contributed by atoms with van der Waals surface area (Å²) in [7, 11) is 0. The smallest absolute Gasteiger partial charge is 0.225 e. The summed E-state index contributed by atoms with van der Waals surface area (Å²) in [5, 5.41) is 8.98. The Kier molecular flexibility index (Phi) is 4.17. The minimum absolute atomic E-state index is 0.188. The quantitative estimate of drug-likeness (QED) is 0.870. The summed E-state index contributed by atoms with van der Waals surface area (Å²) in [5.74, 6) is 0.942. The molecule has 1 saturated heterocycles. The van der Waals surface area contributed by atoms with Gasteiger partial charge in [0.1, 0.15) is 0 Å². The Labute approximate surface area is 124 Å². The maximum atomic E-state index is 12.0. The lowest BCUT2D eigenvalue weighted by atomic mass is 9.94. The first-order chi connectivity index (χ1) is 10.2. The van der Waals surface area contributed by atoms with Gasteiger partial charge in [-0.3, -0.25) is 9.69 Å². The Morgan fingerprint density at radius 3 is 2.62 bits per heavy atom. The van der Waals surface area contributed by atoms with Crippen molar-refractivity contribution in [2.75, 3.05) is 44.2 Å². The van der Waals surface area contributed by atoms with Gasteiger partial charge in [-0.2, -0.15) is 0 Å². The lowest BCUT2D eigenvalue weighted by molar-refractivity contribution is 0.0970. The van der Waals surface area contributed by atoms with E-state index in [4.69, 9.17) is 5.11 Å². The number of fused-ring (bicyclic) bond motifs is 1. The first-order valence-corrected chi connectivity index (χ1v) is 7.68. The summed E-state index contributed by atoms with van der Waals surface area (Å²) in [4.78, 5) is 25.6. The zero-order valence-corrected chi connectivity index (χ0v) is 12.5. The highest BCUT2D eigenvalue weighted by Crippen LogP contribution is 2.24. The second-order valence-corrected chi connectivity index (χ2v) is 5.76. The van der Waals surface area contributed by atoms with E-state index < -0.39 is 0 Å². The van der Waals surface area contributed by atoms with E-state index in [0.29, 0.717) is 6.42 Å². The van der Waals surface area contributed by atoms with Gasteiger partial charge in [-0.15, -0.1) is 0 Å². The van der Waals surface area contributed by atoms with Gasteiger partial charge < -0.3 is 10.0 Å². The van der Waals surface area contributed by atoms with Crippen LogP contribution in [0, 0.1) is 6.92 Å². The number of carbonyl (C=O) groups excluding carboxylic acids is 1. The van der Waals surface area contributed by atoms with E-state index in [1.807, 2.05) is 6.92 Å². The van der Waals surface area contributed by atoms with Crippen LogP contribution in [0.5, 0.6) is 0 Å². The fraction of sp³-hybridized carbons (Fsp3) is 0.667. The summed E-state index contributed by atoms with van der Waals surface area (Å²) >= 11 is 0.